The van der Waals surface area contributed by atoms with Crippen LogP contribution in [0.15, 0.2) is 77.5 Å². The highest BCUT2D eigenvalue weighted by atomic mass is 32.2. The first kappa shape index (κ1) is 23.9. The highest BCUT2D eigenvalue weighted by Gasteiger charge is 2.19. The van der Waals surface area contributed by atoms with Crippen LogP contribution < -0.4 is 20.0 Å². The molecule has 2 aromatic heterocycles. The second-order valence-corrected chi connectivity index (χ2v) is 10.3. The van der Waals surface area contributed by atoms with Gasteiger partial charge in [-0.3, -0.25) is 0 Å². The summed E-state index contributed by atoms with van der Waals surface area (Å²) in [7, 11) is -4.09. The third kappa shape index (κ3) is 6.87. The predicted octanol–water partition coefficient (Wildman–Crippen LogP) is 4.24. The van der Waals surface area contributed by atoms with Crippen LogP contribution >= 0.6 is 22.7 Å². The van der Waals surface area contributed by atoms with Crippen molar-refractivity contribution < 1.29 is 17.4 Å². The topological polar surface area (TPSA) is 123 Å². The first-order chi connectivity index (χ1) is 16.4. The van der Waals surface area contributed by atoms with E-state index in [0.29, 0.717) is 13.0 Å². The van der Waals surface area contributed by atoms with Crippen molar-refractivity contribution in [2.24, 2.45) is 5.14 Å². The van der Waals surface area contributed by atoms with Gasteiger partial charge >= 0.3 is 16.3 Å². The molecule has 4 rings (SSSR count). The van der Waals surface area contributed by atoms with E-state index >= 15 is 0 Å². The molecule has 4 aromatic rings. The molecule has 0 unspecified atom stereocenters. The molecule has 0 fully saturated rings. The van der Waals surface area contributed by atoms with Crippen LogP contribution in [0.5, 0.6) is 5.75 Å². The molecule has 34 heavy (non-hydrogen) atoms. The fraction of sp³-hybridized carbons (Fsp3) is 0.130. The summed E-state index contributed by atoms with van der Waals surface area (Å²) in [6, 6.07) is 19.4. The zero-order valence-electron chi connectivity index (χ0n) is 17.9. The van der Waals surface area contributed by atoms with Gasteiger partial charge in [0.15, 0.2) is 0 Å². The molecular formula is C23H22N4O4S3. The molecule has 2 heterocycles. The summed E-state index contributed by atoms with van der Waals surface area (Å²) < 4.78 is 26.9. The van der Waals surface area contributed by atoms with Crippen molar-refractivity contribution in [3.05, 3.63) is 94.3 Å². The van der Waals surface area contributed by atoms with Gasteiger partial charge in [0.25, 0.3) is 0 Å². The summed E-state index contributed by atoms with van der Waals surface area (Å²) in [5, 5.41) is 15.6. The number of nitrogens with one attached hydrogen (secondary N) is 2. The maximum atomic E-state index is 12.7. The summed E-state index contributed by atoms with van der Waals surface area (Å²) >= 11 is 3.13. The molecule has 0 saturated heterocycles. The van der Waals surface area contributed by atoms with Gasteiger partial charge in [-0.1, -0.05) is 48.5 Å². The number of urea groups is 1. The lowest BCUT2D eigenvalue weighted by Crippen LogP contribution is -2.38. The van der Waals surface area contributed by atoms with Crippen molar-refractivity contribution in [3.63, 3.8) is 0 Å². The van der Waals surface area contributed by atoms with Gasteiger partial charge in [0.1, 0.15) is 10.8 Å². The van der Waals surface area contributed by atoms with Gasteiger partial charge in [0.05, 0.1) is 16.6 Å². The van der Waals surface area contributed by atoms with Crippen LogP contribution in [0, 0.1) is 0 Å². The molecule has 176 valence electrons. The molecule has 2 amide bonds. The Morgan fingerprint density at radius 2 is 1.76 bits per heavy atom. The van der Waals surface area contributed by atoms with E-state index in [0.717, 1.165) is 26.7 Å². The highest BCUT2D eigenvalue weighted by molar-refractivity contribution is 7.84. The molecule has 0 spiro atoms. The molecule has 8 nitrogen and oxygen atoms in total. The number of carbonyl (C=O) groups excluding carboxylic acids is 1. The largest absolute Gasteiger partial charge is 0.380 e. The molecule has 0 saturated carbocycles. The third-order valence-corrected chi connectivity index (χ3v) is 7.11. The third-order valence-electron chi connectivity index (χ3n) is 4.79. The van der Waals surface area contributed by atoms with Crippen LogP contribution in [0.25, 0.3) is 9.88 Å². The highest BCUT2D eigenvalue weighted by Crippen LogP contribution is 2.30. The summed E-state index contributed by atoms with van der Waals surface area (Å²) in [5.74, 6) is 0.116. The number of nitrogens with two attached hydrogens (primary N) is 1. The molecule has 1 atom stereocenters. The Kier molecular flexibility index (Phi) is 7.58. The summed E-state index contributed by atoms with van der Waals surface area (Å²) in [4.78, 5) is 18.5. The second kappa shape index (κ2) is 10.8. The Morgan fingerprint density at radius 3 is 2.44 bits per heavy atom. The minimum Gasteiger partial charge on any atom is -0.371 e. The fourth-order valence-corrected chi connectivity index (χ4v) is 5.29. The van der Waals surface area contributed by atoms with Crippen molar-refractivity contribution in [3.8, 4) is 15.6 Å². The Bertz CT molecular complexity index is 1320. The quantitative estimate of drug-likeness (QED) is 0.308. The summed E-state index contributed by atoms with van der Waals surface area (Å²) in [6.45, 7) is 0.399. The smallest absolute Gasteiger partial charge is 0.371 e. The van der Waals surface area contributed by atoms with E-state index < -0.39 is 16.3 Å². The van der Waals surface area contributed by atoms with E-state index in [1.165, 1.54) is 23.5 Å². The van der Waals surface area contributed by atoms with Gasteiger partial charge in [-0.2, -0.15) is 13.6 Å². The van der Waals surface area contributed by atoms with Crippen molar-refractivity contribution >= 4 is 39.0 Å². The Morgan fingerprint density at radius 1 is 1.00 bits per heavy atom. The van der Waals surface area contributed by atoms with Crippen molar-refractivity contribution in [1.29, 1.82) is 0 Å². The van der Waals surface area contributed by atoms with E-state index in [4.69, 9.17) is 14.3 Å². The number of thiophene rings is 1. The lowest BCUT2D eigenvalue weighted by atomic mass is 10.0. The number of carbonyl (C=O) groups is 1. The molecule has 2 aromatic carbocycles. The van der Waals surface area contributed by atoms with Crippen LogP contribution in [0.4, 0.5) is 4.79 Å². The zero-order chi connectivity index (χ0) is 24.0. The van der Waals surface area contributed by atoms with E-state index in [-0.39, 0.29) is 11.8 Å². The maximum absolute atomic E-state index is 12.7. The van der Waals surface area contributed by atoms with Crippen LogP contribution in [0.2, 0.25) is 0 Å². The van der Waals surface area contributed by atoms with Gasteiger partial charge in [0.2, 0.25) is 0 Å². The van der Waals surface area contributed by atoms with Crippen LogP contribution in [0.1, 0.15) is 22.9 Å². The van der Waals surface area contributed by atoms with Crippen molar-refractivity contribution in [2.75, 3.05) is 0 Å². The molecular weight excluding hydrogens is 492 g/mol. The zero-order valence-corrected chi connectivity index (χ0v) is 20.3. The number of nitrogens with zero attached hydrogens (tertiary/aromatic N) is 1. The molecule has 4 N–H and O–H groups in total. The second-order valence-electron chi connectivity index (χ2n) is 7.34. The minimum absolute atomic E-state index is 0.116. The van der Waals surface area contributed by atoms with E-state index in [9.17, 15) is 13.2 Å². The molecule has 0 aliphatic rings. The van der Waals surface area contributed by atoms with Gasteiger partial charge in [0, 0.05) is 11.9 Å². The number of benzene rings is 2. The standard InChI is InChI=1S/C23H22N4O4S3/c24-34(29,30)31-18-10-8-16(9-11-18)13-19(20-15-33-22(26-20)21-7-4-12-32-21)27-23(28)25-14-17-5-2-1-3-6-17/h1-12,15,19H,13-14H2,(H2,24,29,30)(H2,25,27,28)/t19-/m0/s1. The molecule has 0 aliphatic carbocycles. The average molecular weight is 515 g/mol. The fourth-order valence-electron chi connectivity index (χ4n) is 3.23. The number of hydrogen-bond donors (Lipinski definition) is 3. The average Bonchev–Trinajstić information content (AvgIpc) is 3.50. The van der Waals surface area contributed by atoms with E-state index in [1.807, 2.05) is 53.2 Å². The number of aromatic nitrogens is 1. The van der Waals surface area contributed by atoms with Gasteiger partial charge in [-0.05, 0) is 41.1 Å². The van der Waals surface area contributed by atoms with Crippen molar-refractivity contribution in [1.82, 2.24) is 15.6 Å². The van der Waals surface area contributed by atoms with Crippen molar-refractivity contribution in [2.45, 2.75) is 19.0 Å². The number of thiazole rings is 1. The lowest BCUT2D eigenvalue weighted by Gasteiger charge is -2.18. The number of hydrogen-bond acceptors (Lipinski definition) is 7. The Balaban J connectivity index is 1.49. The van der Waals surface area contributed by atoms with Gasteiger partial charge in [-0.25, -0.2) is 9.78 Å². The Labute approximate surface area is 205 Å². The first-order valence-corrected chi connectivity index (χ1v) is 13.5. The summed E-state index contributed by atoms with van der Waals surface area (Å²) in [6.07, 6.45) is 0.446. The SMILES string of the molecule is NS(=O)(=O)Oc1ccc(C[C@H](NC(=O)NCc2ccccc2)c2csc(-c3cccs3)n2)cc1. The van der Waals surface area contributed by atoms with Crippen LogP contribution in [-0.2, 0) is 23.3 Å². The first-order valence-electron chi connectivity index (χ1n) is 10.2. The Hall–Kier alpha value is -3.25. The number of rotatable bonds is 9. The molecule has 0 bridgehead atoms. The normalized spacial score (nSPS) is 12.1. The number of amides is 2. The summed E-state index contributed by atoms with van der Waals surface area (Å²) in [5.41, 5.74) is 2.60. The van der Waals surface area contributed by atoms with E-state index in [1.54, 1.807) is 23.5 Å². The van der Waals surface area contributed by atoms with Crippen LogP contribution in [-0.4, -0.2) is 19.4 Å². The van der Waals surface area contributed by atoms with Crippen LogP contribution in [0.3, 0.4) is 0 Å². The minimum atomic E-state index is -4.09. The van der Waals surface area contributed by atoms with Gasteiger partial charge in [-0.15, -0.1) is 22.7 Å². The monoisotopic (exact) mass is 514 g/mol. The molecule has 0 radical (unpaired) electrons. The van der Waals surface area contributed by atoms with Gasteiger partial charge < -0.3 is 14.8 Å². The van der Waals surface area contributed by atoms with E-state index in [2.05, 4.69) is 10.6 Å². The lowest BCUT2D eigenvalue weighted by molar-refractivity contribution is 0.236. The molecule has 11 heteroatoms. The maximum Gasteiger partial charge on any atom is 0.380 e. The molecule has 0 aliphatic heterocycles. The predicted molar refractivity (Wildman–Crippen MR) is 134 cm³/mol.